The van der Waals surface area contributed by atoms with Crippen molar-refractivity contribution in [2.24, 2.45) is 5.92 Å². The molecule has 0 aliphatic carbocycles. The highest BCUT2D eigenvalue weighted by Gasteiger charge is 2.22. The maximum Gasteiger partial charge on any atom is 0.277 e. The predicted molar refractivity (Wildman–Crippen MR) is 73.2 cm³/mol. The highest BCUT2D eigenvalue weighted by molar-refractivity contribution is 6.09. The molecule has 1 unspecified atom stereocenters. The Morgan fingerprint density at radius 2 is 1.57 bits per heavy atom. The van der Waals surface area contributed by atoms with E-state index in [-0.39, 0.29) is 17.3 Å². The molecule has 0 saturated carbocycles. The summed E-state index contributed by atoms with van der Waals surface area (Å²) in [5.41, 5.74) is -1.31. The van der Waals surface area contributed by atoms with Crippen LogP contribution in [-0.4, -0.2) is 21.4 Å². The van der Waals surface area contributed by atoms with Crippen LogP contribution in [0, 0.1) is 26.1 Å². The third-order valence-electron chi connectivity index (χ3n) is 3.14. The topological polar surface area (TPSA) is 120 Å². The number of nitro benzene ring substituents is 2. The first-order valence-corrected chi connectivity index (χ1v) is 6.26. The number of Topliss-reactive ketones (excluding diaryl/α,β-unsaturated/α-hetero) is 2. The van der Waals surface area contributed by atoms with Crippen molar-refractivity contribution in [3.8, 4) is 0 Å². The molecule has 1 rings (SSSR count). The van der Waals surface area contributed by atoms with Crippen LogP contribution in [0.1, 0.15) is 37.0 Å². The quantitative estimate of drug-likeness (QED) is 0.330. The van der Waals surface area contributed by atoms with E-state index in [1.54, 1.807) is 13.8 Å². The molecule has 21 heavy (non-hydrogen) atoms. The Balaban J connectivity index is 3.11. The molecular formula is C13H14N2O6. The summed E-state index contributed by atoms with van der Waals surface area (Å²) in [6, 6.07) is 2.66. The van der Waals surface area contributed by atoms with E-state index in [1.807, 2.05) is 0 Å². The minimum Gasteiger partial charge on any atom is -0.299 e. The van der Waals surface area contributed by atoms with E-state index in [2.05, 4.69) is 0 Å². The van der Waals surface area contributed by atoms with Gasteiger partial charge < -0.3 is 0 Å². The van der Waals surface area contributed by atoms with Crippen LogP contribution >= 0.6 is 0 Å². The summed E-state index contributed by atoms with van der Waals surface area (Å²) in [5, 5.41) is 21.5. The van der Waals surface area contributed by atoms with Gasteiger partial charge in [-0.3, -0.25) is 29.8 Å². The zero-order chi connectivity index (χ0) is 16.2. The van der Waals surface area contributed by atoms with E-state index in [1.165, 1.54) is 0 Å². The Labute approximate surface area is 120 Å². The minimum atomic E-state index is -0.819. The third kappa shape index (κ3) is 4.16. The van der Waals surface area contributed by atoms with Crippen LogP contribution < -0.4 is 0 Å². The van der Waals surface area contributed by atoms with Crippen molar-refractivity contribution in [1.82, 2.24) is 0 Å². The van der Waals surface area contributed by atoms with Gasteiger partial charge in [-0.05, 0) is 6.42 Å². The standard InChI is InChI=1S/C13H14N2O6/c1-3-8(2)12(16)7-13(17)9-4-10(14(18)19)6-11(5-9)15(20)21/h4-6,8H,3,7H2,1-2H3. The van der Waals surface area contributed by atoms with E-state index in [9.17, 15) is 29.8 Å². The van der Waals surface area contributed by atoms with Crippen molar-refractivity contribution in [3.63, 3.8) is 0 Å². The number of carbonyl (C=O) groups excluding carboxylic acids is 2. The van der Waals surface area contributed by atoms with Gasteiger partial charge in [0, 0.05) is 23.6 Å². The lowest BCUT2D eigenvalue weighted by Gasteiger charge is -2.06. The molecule has 8 heteroatoms. The number of non-ortho nitro benzene ring substituents is 2. The number of rotatable bonds is 7. The van der Waals surface area contributed by atoms with E-state index in [4.69, 9.17) is 0 Å². The lowest BCUT2D eigenvalue weighted by Crippen LogP contribution is -2.15. The van der Waals surface area contributed by atoms with E-state index in [0.717, 1.165) is 18.2 Å². The second kappa shape index (κ2) is 6.69. The first-order valence-electron chi connectivity index (χ1n) is 6.26. The number of nitrogens with zero attached hydrogens (tertiary/aromatic N) is 2. The molecule has 0 saturated heterocycles. The van der Waals surface area contributed by atoms with Crippen LogP contribution in [0.25, 0.3) is 0 Å². The number of carbonyl (C=O) groups is 2. The third-order valence-corrected chi connectivity index (χ3v) is 3.14. The summed E-state index contributed by atoms with van der Waals surface area (Å²) in [6.45, 7) is 3.47. The molecule has 0 radical (unpaired) electrons. The maximum atomic E-state index is 12.0. The van der Waals surface area contributed by atoms with Gasteiger partial charge in [-0.25, -0.2) is 0 Å². The summed E-state index contributed by atoms with van der Waals surface area (Å²) in [6.07, 6.45) is 0.147. The van der Waals surface area contributed by atoms with E-state index >= 15 is 0 Å². The van der Waals surface area contributed by atoms with Gasteiger partial charge in [0.25, 0.3) is 11.4 Å². The molecule has 0 spiro atoms. The van der Waals surface area contributed by atoms with Crippen molar-refractivity contribution in [2.45, 2.75) is 26.7 Å². The molecule has 112 valence electrons. The molecule has 1 atom stereocenters. The first-order chi connectivity index (χ1) is 9.76. The molecule has 8 nitrogen and oxygen atoms in total. The van der Waals surface area contributed by atoms with Crippen LogP contribution in [0.5, 0.6) is 0 Å². The molecule has 1 aromatic carbocycles. The van der Waals surface area contributed by atoms with Gasteiger partial charge in [0.1, 0.15) is 5.78 Å². The molecule has 0 amide bonds. The average Bonchev–Trinajstić information content (AvgIpc) is 2.45. The fourth-order valence-electron chi connectivity index (χ4n) is 1.63. The largest absolute Gasteiger partial charge is 0.299 e. The number of ketones is 2. The van der Waals surface area contributed by atoms with Crippen LogP contribution in [0.2, 0.25) is 0 Å². The molecule has 0 N–H and O–H groups in total. The van der Waals surface area contributed by atoms with Crippen molar-refractivity contribution in [2.75, 3.05) is 0 Å². The number of benzene rings is 1. The second-order valence-electron chi connectivity index (χ2n) is 4.63. The molecule has 0 fully saturated rings. The van der Waals surface area contributed by atoms with Crippen LogP contribution in [0.15, 0.2) is 18.2 Å². The zero-order valence-corrected chi connectivity index (χ0v) is 11.6. The van der Waals surface area contributed by atoms with Crippen LogP contribution in [-0.2, 0) is 4.79 Å². The zero-order valence-electron chi connectivity index (χ0n) is 11.6. The lowest BCUT2D eigenvalue weighted by molar-refractivity contribution is -0.394. The van der Waals surface area contributed by atoms with Gasteiger partial charge in [0.05, 0.1) is 22.3 Å². The highest BCUT2D eigenvalue weighted by Crippen LogP contribution is 2.24. The van der Waals surface area contributed by atoms with Crippen LogP contribution in [0.4, 0.5) is 11.4 Å². The second-order valence-corrected chi connectivity index (χ2v) is 4.63. The van der Waals surface area contributed by atoms with Crippen molar-refractivity contribution in [1.29, 1.82) is 0 Å². The SMILES string of the molecule is CCC(C)C(=O)CC(=O)c1cc([N+](=O)[O-])cc([N+](=O)[O-])c1. The first kappa shape index (κ1) is 16.4. The Kier molecular flexibility index (Phi) is 5.23. The molecule has 0 bridgehead atoms. The van der Waals surface area contributed by atoms with Gasteiger partial charge in [0.2, 0.25) is 0 Å². The smallest absolute Gasteiger partial charge is 0.277 e. The fourth-order valence-corrected chi connectivity index (χ4v) is 1.63. The summed E-state index contributed by atoms with van der Waals surface area (Å²) >= 11 is 0. The minimum absolute atomic E-state index is 0.201. The molecule has 0 heterocycles. The number of hydrogen-bond donors (Lipinski definition) is 0. The van der Waals surface area contributed by atoms with Gasteiger partial charge in [-0.15, -0.1) is 0 Å². The Morgan fingerprint density at radius 1 is 1.10 bits per heavy atom. The monoisotopic (exact) mass is 294 g/mol. The van der Waals surface area contributed by atoms with Crippen molar-refractivity contribution >= 4 is 22.9 Å². The molecule has 0 aliphatic heterocycles. The lowest BCUT2D eigenvalue weighted by atomic mass is 9.96. The normalized spacial score (nSPS) is 11.7. The summed E-state index contributed by atoms with van der Waals surface area (Å²) in [7, 11) is 0. The Morgan fingerprint density at radius 3 is 1.95 bits per heavy atom. The van der Waals surface area contributed by atoms with Crippen molar-refractivity contribution in [3.05, 3.63) is 44.0 Å². The summed E-state index contributed by atoms with van der Waals surface area (Å²) in [4.78, 5) is 43.5. The predicted octanol–water partition coefficient (Wildman–Crippen LogP) is 2.69. The highest BCUT2D eigenvalue weighted by atomic mass is 16.6. The van der Waals surface area contributed by atoms with Gasteiger partial charge in [-0.1, -0.05) is 13.8 Å². The van der Waals surface area contributed by atoms with Crippen molar-refractivity contribution < 1.29 is 19.4 Å². The fraction of sp³-hybridized carbons (Fsp3) is 0.385. The van der Waals surface area contributed by atoms with Gasteiger partial charge in [0.15, 0.2) is 5.78 Å². The van der Waals surface area contributed by atoms with Gasteiger partial charge >= 0.3 is 0 Å². The Hall–Kier alpha value is -2.64. The summed E-state index contributed by atoms with van der Waals surface area (Å²) in [5.74, 6) is -1.26. The van der Waals surface area contributed by atoms with Gasteiger partial charge in [-0.2, -0.15) is 0 Å². The molecular weight excluding hydrogens is 280 g/mol. The number of nitro groups is 2. The molecule has 0 aromatic heterocycles. The van der Waals surface area contributed by atoms with E-state index < -0.39 is 33.4 Å². The summed E-state index contributed by atoms with van der Waals surface area (Å²) < 4.78 is 0. The average molecular weight is 294 g/mol. The molecule has 0 aliphatic rings. The Bertz CT molecular complexity index is 578. The number of hydrogen-bond acceptors (Lipinski definition) is 6. The maximum absolute atomic E-state index is 12.0. The van der Waals surface area contributed by atoms with Crippen LogP contribution in [0.3, 0.4) is 0 Å². The van der Waals surface area contributed by atoms with E-state index in [0.29, 0.717) is 6.42 Å². The molecule has 1 aromatic rings.